The van der Waals surface area contributed by atoms with E-state index < -0.39 is 17.5 Å². The molecule has 1 aromatic heterocycles. The summed E-state index contributed by atoms with van der Waals surface area (Å²) in [5, 5.41) is 0. The quantitative estimate of drug-likeness (QED) is 0.614. The van der Waals surface area contributed by atoms with Crippen LogP contribution in [0, 0.1) is 17.5 Å². The fourth-order valence-electron chi connectivity index (χ4n) is 2.20. The number of benzene rings is 2. The standard InChI is InChI=1S/C17H10F3N/c18-12-9-14(16(20)15(19)10-12)17-13(7-4-8-21-17)11-5-2-1-3-6-11/h1-10H. The van der Waals surface area contributed by atoms with Crippen LogP contribution in [0.5, 0.6) is 0 Å². The lowest BCUT2D eigenvalue weighted by Crippen LogP contribution is -1.96. The van der Waals surface area contributed by atoms with Crippen molar-refractivity contribution in [3.63, 3.8) is 0 Å². The highest BCUT2D eigenvalue weighted by Gasteiger charge is 2.17. The van der Waals surface area contributed by atoms with Gasteiger partial charge in [-0.25, -0.2) is 13.2 Å². The summed E-state index contributed by atoms with van der Waals surface area (Å²) in [6, 6.07) is 14.1. The highest BCUT2D eigenvalue weighted by molar-refractivity contribution is 5.80. The molecular formula is C17H10F3N. The molecule has 0 fully saturated rings. The van der Waals surface area contributed by atoms with E-state index in [2.05, 4.69) is 4.98 Å². The van der Waals surface area contributed by atoms with Gasteiger partial charge in [0.2, 0.25) is 0 Å². The van der Waals surface area contributed by atoms with Crippen LogP contribution in [0.3, 0.4) is 0 Å². The fraction of sp³-hybridized carbons (Fsp3) is 0. The molecule has 0 aliphatic carbocycles. The highest BCUT2D eigenvalue weighted by Crippen LogP contribution is 2.32. The van der Waals surface area contributed by atoms with E-state index in [4.69, 9.17) is 0 Å². The molecule has 0 spiro atoms. The summed E-state index contributed by atoms with van der Waals surface area (Å²) < 4.78 is 40.8. The molecule has 1 nitrogen and oxygen atoms in total. The number of aromatic nitrogens is 1. The highest BCUT2D eigenvalue weighted by atomic mass is 19.2. The molecule has 0 bridgehead atoms. The Morgan fingerprint density at radius 2 is 1.52 bits per heavy atom. The maximum atomic E-state index is 14.0. The third-order valence-electron chi connectivity index (χ3n) is 3.14. The molecule has 0 aliphatic rings. The predicted molar refractivity (Wildman–Crippen MR) is 75.0 cm³/mol. The topological polar surface area (TPSA) is 12.9 Å². The van der Waals surface area contributed by atoms with Gasteiger partial charge in [0.05, 0.1) is 5.69 Å². The van der Waals surface area contributed by atoms with Crippen LogP contribution in [0.4, 0.5) is 13.2 Å². The zero-order valence-corrected chi connectivity index (χ0v) is 10.9. The van der Waals surface area contributed by atoms with Gasteiger partial charge in [0, 0.05) is 23.4 Å². The molecule has 0 saturated carbocycles. The lowest BCUT2D eigenvalue weighted by molar-refractivity contribution is 0.497. The average Bonchev–Trinajstić information content (AvgIpc) is 2.52. The number of hydrogen-bond acceptors (Lipinski definition) is 1. The van der Waals surface area contributed by atoms with Crippen LogP contribution in [-0.2, 0) is 0 Å². The second kappa shape index (κ2) is 5.40. The number of nitrogens with zero attached hydrogens (tertiary/aromatic N) is 1. The van der Waals surface area contributed by atoms with Gasteiger partial charge in [0.25, 0.3) is 0 Å². The Hall–Kier alpha value is -2.62. The zero-order valence-electron chi connectivity index (χ0n) is 10.9. The molecule has 0 radical (unpaired) electrons. The Labute approximate surface area is 119 Å². The number of rotatable bonds is 2. The molecule has 3 aromatic rings. The number of pyridine rings is 1. The first-order valence-corrected chi connectivity index (χ1v) is 6.32. The van der Waals surface area contributed by atoms with E-state index in [9.17, 15) is 13.2 Å². The maximum absolute atomic E-state index is 14.0. The van der Waals surface area contributed by atoms with Gasteiger partial charge < -0.3 is 0 Å². The lowest BCUT2D eigenvalue weighted by atomic mass is 9.99. The molecule has 0 saturated heterocycles. The number of halogens is 3. The van der Waals surface area contributed by atoms with Gasteiger partial charge in [-0.15, -0.1) is 0 Å². The molecule has 0 amide bonds. The van der Waals surface area contributed by atoms with Crippen molar-refractivity contribution in [2.24, 2.45) is 0 Å². The largest absolute Gasteiger partial charge is 0.255 e. The first-order valence-electron chi connectivity index (χ1n) is 6.32. The van der Waals surface area contributed by atoms with Gasteiger partial charge in [-0.2, -0.15) is 0 Å². The summed E-state index contributed by atoms with van der Waals surface area (Å²) in [7, 11) is 0. The van der Waals surface area contributed by atoms with Crippen molar-refractivity contribution < 1.29 is 13.2 Å². The van der Waals surface area contributed by atoms with E-state index in [-0.39, 0.29) is 11.3 Å². The molecule has 0 N–H and O–H groups in total. The second-order valence-corrected chi connectivity index (χ2v) is 4.51. The Morgan fingerprint density at radius 3 is 2.29 bits per heavy atom. The summed E-state index contributed by atoms with van der Waals surface area (Å²) in [6.07, 6.45) is 1.46. The van der Waals surface area contributed by atoms with Crippen LogP contribution in [0.1, 0.15) is 0 Å². The van der Waals surface area contributed by atoms with Crippen molar-refractivity contribution in [1.82, 2.24) is 4.98 Å². The van der Waals surface area contributed by atoms with Crippen LogP contribution in [0.15, 0.2) is 60.8 Å². The molecule has 1 heterocycles. The van der Waals surface area contributed by atoms with Crippen LogP contribution in [-0.4, -0.2) is 4.98 Å². The number of hydrogen-bond donors (Lipinski definition) is 0. The van der Waals surface area contributed by atoms with E-state index >= 15 is 0 Å². The summed E-state index contributed by atoms with van der Waals surface area (Å²) in [5.74, 6) is -3.17. The monoisotopic (exact) mass is 285 g/mol. The van der Waals surface area contributed by atoms with Crippen molar-refractivity contribution in [2.75, 3.05) is 0 Å². The van der Waals surface area contributed by atoms with Crippen molar-refractivity contribution in [1.29, 1.82) is 0 Å². The predicted octanol–water partition coefficient (Wildman–Crippen LogP) is 4.83. The summed E-state index contributed by atoms with van der Waals surface area (Å²) in [6.45, 7) is 0. The molecule has 0 atom stereocenters. The Kier molecular flexibility index (Phi) is 3.44. The Balaban J connectivity index is 2.26. The van der Waals surface area contributed by atoms with E-state index in [1.807, 2.05) is 30.3 Å². The zero-order chi connectivity index (χ0) is 14.8. The molecule has 3 rings (SSSR count). The van der Waals surface area contributed by atoms with Gasteiger partial charge in [0.1, 0.15) is 5.82 Å². The van der Waals surface area contributed by atoms with Gasteiger partial charge in [-0.3, -0.25) is 4.98 Å². The summed E-state index contributed by atoms with van der Waals surface area (Å²) in [4.78, 5) is 4.10. The van der Waals surface area contributed by atoms with Crippen molar-refractivity contribution >= 4 is 0 Å². The van der Waals surface area contributed by atoms with Gasteiger partial charge in [0.15, 0.2) is 11.6 Å². The summed E-state index contributed by atoms with van der Waals surface area (Å²) in [5.41, 5.74) is 1.43. The smallest absolute Gasteiger partial charge is 0.168 e. The van der Waals surface area contributed by atoms with E-state index in [0.29, 0.717) is 11.6 Å². The van der Waals surface area contributed by atoms with E-state index in [0.717, 1.165) is 11.6 Å². The minimum Gasteiger partial charge on any atom is -0.255 e. The van der Waals surface area contributed by atoms with Crippen molar-refractivity contribution in [2.45, 2.75) is 0 Å². The van der Waals surface area contributed by atoms with Crippen LogP contribution in [0.25, 0.3) is 22.4 Å². The first kappa shape index (κ1) is 13.4. The molecule has 0 aliphatic heterocycles. The maximum Gasteiger partial charge on any atom is 0.168 e. The van der Waals surface area contributed by atoms with Crippen molar-refractivity contribution in [3.05, 3.63) is 78.2 Å². The van der Waals surface area contributed by atoms with E-state index in [1.54, 1.807) is 12.1 Å². The van der Waals surface area contributed by atoms with Crippen molar-refractivity contribution in [3.8, 4) is 22.4 Å². The molecular weight excluding hydrogens is 275 g/mol. The first-order chi connectivity index (χ1) is 10.2. The van der Waals surface area contributed by atoms with Gasteiger partial charge in [-0.1, -0.05) is 36.4 Å². The minimum atomic E-state index is -1.23. The SMILES string of the molecule is Fc1cc(F)c(F)c(-c2ncccc2-c2ccccc2)c1. The summed E-state index contributed by atoms with van der Waals surface area (Å²) >= 11 is 0. The Morgan fingerprint density at radius 1 is 0.762 bits per heavy atom. The minimum absolute atomic E-state index is 0.188. The van der Waals surface area contributed by atoms with Crippen LogP contribution < -0.4 is 0 Å². The third kappa shape index (κ3) is 2.52. The molecule has 104 valence electrons. The normalized spacial score (nSPS) is 10.6. The molecule has 4 heteroatoms. The lowest BCUT2D eigenvalue weighted by Gasteiger charge is -2.10. The fourth-order valence-corrected chi connectivity index (χ4v) is 2.20. The van der Waals surface area contributed by atoms with Crippen LogP contribution in [0.2, 0.25) is 0 Å². The second-order valence-electron chi connectivity index (χ2n) is 4.51. The molecule has 21 heavy (non-hydrogen) atoms. The van der Waals surface area contributed by atoms with E-state index in [1.165, 1.54) is 6.20 Å². The van der Waals surface area contributed by atoms with Gasteiger partial charge >= 0.3 is 0 Å². The molecule has 2 aromatic carbocycles. The molecule has 0 unspecified atom stereocenters. The van der Waals surface area contributed by atoms with Crippen LogP contribution >= 0.6 is 0 Å². The average molecular weight is 285 g/mol. The van der Waals surface area contributed by atoms with Gasteiger partial charge in [-0.05, 0) is 17.7 Å². The Bertz CT molecular complexity index is 785. The third-order valence-corrected chi connectivity index (χ3v) is 3.14.